The summed E-state index contributed by atoms with van der Waals surface area (Å²) < 4.78 is 48.9. The van der Waals surface area contributed by atoms with Crippen molar-refractivity contribution in [2.24, 2.45) is 0 Å². The fourth-order valence-electron chi connectivity index (χ4n) is 2.49. The van der Waals surface area contributed by atoms with Crippen LogP contribution in [0.15, 0.2) is 17.1 Å². The van der Waals surface area contributed by atoms with Gasteiger partial charge in [-0.05, 0) is 6.07 Å². The molecule has 25 heavy (non-hydrogen) atoms. The van der Waals surface area contributed by atoms with E-state index >= 15 is 0 Å². The lowest BCUT2D eigenvalue weighted by molar-refractivity contribution is -0.175. The second-order valence-electron chi connectivity index (χ2n) is 5.17. The summed E-state index contributed by atoms with van der Waals surface area (Å²) >= 11 is 0. The largest absolute Gasteiger partial charge is 0.473 e. The van der Waals surface area contributed by atoms with Crippen LogP contribution in [0.4, 0.5) is 5.82 Å². The summed E-state index contributed by atoms with van der Waals surface area (Å²) in [5.74, 6) is -0.0440. The summed E-state index contributed by atoms with van der Waals surface area (Å²) in [4.78, 5) is 34.7. The molecule has 0 amide bonds. The Kier molecular flexibility index (Phi) is 4.88. The van der Waals surface area contributed by atoms with Crippen molar-refractivity contribution >= 4 is 21.5 Å². The lowest BCUT2D eigenvalue weighted by Crippen LogP contribution is -2.52. The van der Waals surface area contributed by atoms with Crippen LogP contribution in [-0.2, 0) is 32.0 Å². The van der Waals surface area contributed by atoms with Crippen molar-refractivity contribution in [3.63, 3.8) is 0 Å². The molecule has 2 unspecified atom stereocenters. The van der Waals surface area contributed by atoms with Crippen molar-refractivity contribution in [3.8, 4) is 0 Å². The predicted octanol–water partition coefficient (Wildman–Crippen LogP) is -0.629. The average Bonchev–Trinajstić information content (AvgIpc) is 2.83. The maximum atomic E-state index is 12.0. The Bertz CT molecular complexity index is 814. The average molecular weight is 399 g/mol. The van der Waals surface area contributed by atoms with Crippen LogP contribution in [-0.4, -0.2) is 51.4 Å². The molecule has 0 aliphatic carbocycles. The number of phosphoric ester groups is 2. The summed E-state index contributed by atoms with van der Waals surface area (Å²) in [5, 5.41) is 0. The Balaban J connectivity index is 2.00. The van der Waals surface area contributed by atoms with Gasteiger partial charge in [-0.2, -0.15) is 4.98 Å². The quantitative estimate of drug-likeness (QED) is 0.546. The Morgan fingerprint density at radius 2 is 2.24 bits per heavy atom. The van der Waals surface area contributed by atoms with E-state index in [4.69, 9.17) is 24.0 Å². The standard InChI is InChI=1S/C10H15N3O10P2/c1-19-24(15,16)23-8-7-5(21-25(17,18)22-7)4-20-9(8)13-3-2-6(11)12-10(13)14/h2-3,5,7-9H,4H2,1H3,(H,15,16)(H,17,18)(H2,11,12,14)/t5-,7-,8-,9-/m1/s1. The van der Waals surface area contributed by atoms with Gasteiger partial charge in [0.1, 0.15) is 24.1 Å². The highest BCUT2D eigenvalue weighted by Crippen LogP contribution is 2.58. The first-order valence-corrected chi connectivity index (χ1v) is 9.84. The van der Waals surface area contributed by atoms with Crippen molar-refractivity contribution in [2.45, 2.75) is 24.5 Å². The van der Waals surface area contributed by atoms with Gasteiger partial charge in [0.25, 0.3) is 0 Å². The number of aromatic nitrogens is 2. The highest BCUT2D eigenvalue weighted by atomic mass is 31.2. The van der Waals surface area contributed by atoms with Crippen molar-refractivity contribution in [3.05, 3.63) is 22.7 Å². The third-order valence-electron chi connectivity index (χ3n) is 3.54. The molecule has 2 fully saturated rings. The van der Waals surface area contributed by atoms with Crippen LogP contribution in [0, 0.1) is 0 Å². The van der Waals surface area contributed by atoms with E-state index in [1.54, 1.807) is 0 Å². The highest BCUT2D eigenvalue weighted by molar-refractivity contribution is 7.48. The maximum absolute atomic E-state index is 12.0. The number of nitrogens with zero attached hydrogens (tertiary/aromatic N) is 2. The number of rotatable bonds is 4. The van der Waals surface area contributed by atoms with Gasteiger partial charge in [-0.25, -0.2) is 13.9 Å². The molecule has 2 saturated heterocycles. The Morgan fingerprint density at radius 3 is 2.88 bits per heavy atom. The minimum atomic E-state index is -4.56. The number of hydrogen-bond donors (Lipinski definition) is 3. The molecular weight excluding hydrogens is 384 g/mol. The fraction of sp³-hybridized carbons (Fsp3) is 0.600. The lowest BCUT2D eigenvalue weighted by atomic mass is 10.0. The molecule has 2 aliphatic heterocycles. The molecule has 0 saturated carbocycles. The summed E-state index contributed by atoms with van der Waals surface area (Å²) in [5.41, 5.74) is 4.59. The maximum Gasteiger partial charge on any atom is 0.473 e. The first kappa shape index (κ1) is 18.6. The molecule has 0 radical (unpaired) electrons. The van der Waals surface area contributed by atoms with Gasteiger partial charge >= 0.3 is 21.3 Å². The third kappa shape index (κ3) is 3.85. The number of hydrogen-bond acceptors (Lipinski definition) is 10. The van der Waals surface area contributed by atoms with Crippen molar-refractivity contribution in [2.75, 3.05) is 19.5 Å². The van der Waals surface area contributed by atoms with Crippen molar-refractivity contribution in [1.82, 2.24) is 9.55 Å². The topological polar surface area (TPSA) is 182 Å². The normalized spacial score (nSPS) is 37.4. The van der Waals surface area contributed by atoms with E-state index in [0.717, 1.165) is 11.7 Å². The van der Waals surface area contributed by atoms with Gasteiger partial charge < -0.3 is 20.3 Å². The molecule has 0 aromatic carbocycles. The van der Waals surface area contributed by atoms with E-state index in [0.29, 0.717) is 0 Å². The molecule has 3 rings (SSSR count). The van der Waals surface area contributed by atoms with Crippen molar-refractivity contribution in [1.29, 1.82) is 0 Å². The minimum Gasteiger partial charge on any atom is -0.383 e. The predicted molar refractivity (Wildman–Crippen MR) is 79.2 cm³/mol. The molecule has 1 aromatic heterocycles. The van der Waals surface area contributed by atoms with Gasteiger partial charge in [-0.15, -0.1) is 0 Å². The van der Waals surface area contributed by atoms with Crippen LogP contribution in [0.3, 0.4) is 0 Å². The van der Waals surface area contributed by atoms with E-state index in [-0.39, 0.29) is 12.4 Å². The number of anilines is 1. The summed E-state index contributed by atoms with van der Waals surface area (Å²) in [6.45, 7) is -0.237. The summed E-state index contributed by atoms with van der Waals surface area (Å²) in [6, 6.07) is 1.30. The number of fused-ring (bicyclic) bond motifs is 1. The molecule has 1 aromatic rings. The van der Waals surface area contributed by atoms with Crippen LogP contribution in [0.1, 0.15) is 6.23 Å². The van der Waals surface area contributed by atoms with Gasteiger partial charge in [-0.3, -0.25) is 22.7 Å². The molecule has 0 bridgehead atoms. The second-order valence-corrected chi connectivity index (χ2v) is 8.04. The van der Waals surface area contributed by atoms with Gasteiger partial charge in [0.15, 0.2) is 6.23 Å². The second kappa shape index (κ2) is 6.54. The van der Waals surface area contributed by atoms with Gasteiger partial charge in [0.2, 0.25) is 0 Å². The summed E-state index contributed by atoms with van der Waals surface area (Å²) in [6.07, 6.45) is -3.88. The third-order valence-corrected chi connectivity index (χ3v) is 5.56. The van der Waals surface area contributed by atoms with Gasteiger partial charge in [0, 0.05) is 13.3 Å². The number of ether oxygens (including phenoxy) is 1. The molecule has 0 spiro atoms. The zero-order chi connectivity index (χ0) is 18.4. The van der Waals surface area contributed by atoms with Crippen LogP contribution < -0.4 is 11.4 Å². The van der Waals surface area contributed by atoms with Crippen LogP contribution in [0.5, 0.6) is 0 Å². The molecule has 15 heteroatoms. The molecule has 4 N–H and O–H groups in total. The molecule has 140 valence electrons. The number of phosphoric acid groups is 2. The van der Waals surface area contributed by atoms with E-state index < -0.39 is 45.9 Å². The Hall–Kier alpha value is -1.14. The van der Waals surface area contributed by atoms with Crippen molar-refractivity contribution < 1.29 is 41.7 Å². The monoisotopic (exact) mass is 399 g/mol. The van der Waals surface area contributed by atoms with E-state index in [9.17, 15) is 23.7 Å². The van der Waals surface area contributed by atoms with Crippen LogP contribution in [0.25, 0.3) is 0 Å². The zero-order valence-corrected chi connectivity index (χ0v) is 14.5. The highest BCUT2D eigenvalue weighted by Gasteiger charge is 2.56. The molecule has 13 nitrogen and oxygen atoms in total. The van der Waals surface area contributed by atoms with E-state index in [2.05, 4.69) is 9.51 Å². The van der Waals surface area contributed by atoms with Gasteiger partial charge in [-0.1, -0.05) is 0 Å². The fourth-order valence-corrected chi connectivity index (χ4v) is 4.25. The Morgan fingerprint density at radius 1 is 1.52 bits per heavy atom. The molecule has 6 atom stereocenters. The van der Waals surface area contributed by atoms with E-state index in [1.165, 1.54) is 12.3 Å². The van der Waals surface area contributed by atoms with Gasteiger partial charge in [0.05, 0.1) is 6.61 Å². The first-order valence-electron chi connectivity index (χ1n) is 6.85. The number of nitrogen functional groups attached to an aromatic ring is 1. The first-order chi connectivity index (χ1) is 11.6. The van der Waals surface area contributed by atoms with Crippen LogP contribution in [0.2, 0.25) is 0 Å². The SMILES string of the molecule is COP(=O)(O)O[C@@H]1[C@@H]2OP(=O)(O)O[C@@H]2CO[C@H]1n1ccc(N)nc1=O. The zero-order valence-electron chi connectivity index (χ0n) is 12.7. The summed E-state index contributed by atoms with van der Waals surface area (Å²) in [7, 11) is -8.03. The Labute approximate surface area is 140 Å². The lowest BCUT2D eigenvalue weighted by Gasteiger charge is -2.37. The molecule has 3 heterocycles. The molecule has 2 aliphatic rings. The number of nitrogens with two attached hydrogens (primary N) is 1. The molecular formula is C10H15N3O10P2. The minimum absolute atomic E-state index is 0.0440. The van der Waals surface area contributed by atoms with Crippen LogP contribution >= 0.6 is 15.6 Å². The van der Waals surface area contributed by atoms with E-state index in [1.807, 2.05) is 0 Å². The smallest absolute Gasteiger partial charge is 0.383 e.